The lowest BCUT2D eigenvalue weighted by molar-refractivity contribution is 0.600. The molecule has 0 aliphatic carbocycles. The molecule has 2 aromatic carbocycles. The van der Waals surface area contributed by atoms with Gasteiger partial charge in [-0.2, -0.15) is 0 Å². The molecule has 0 atom stereocenters. The Morgan fingerprint density at radius 2 is 1.95 bits per heavy atom. The first kappa shape index (κ1) is 15.8. The van der Waals surface area contributed by atoms with Gasteiger partial charge in [-0.05, 0) is 52.2 Å². The Morgan fingerprint density at radius 1 is 1.29 bits per heavy atom. The van der Waals surface area contributed by atoms with E-state index < -0.39 is 15.8 Å². The molecule has 112 valence electrons. The Kier molecular flexibility index (Phi) is 4.53. The lowest BCUT2D eigenvalue weighted by Crippen LogP contribution is -2.16. The SMILES string of the molecule is Cc1cc(F)c(Br)cc1NS(=O)(=O)Cc1ccccc1N. The van der Waals surface area contributed by atoms with Crippen LogP contribution in [0.3, 0.4) is 0 Å². The number of anilines is 2. The van der Waals surface area contributed by atoms with Crippen LogP contribution in [0.1, 0.15) is 11.1 Å². The van der Waals surface area contributed by atoms with Gasteiger partial charge in [0.25, 0.3) is 0 Å². The van der Waals surface area contributed by atoms with Crippen molar-refractivity contribution >= 4 is 37.3 Å². The summed E-state index contributed by atoms with van der Waals surface area (Å²) in [5.41, 5.74) is 7.51. The molecule has 0 heterocycles. The average molecular weight is 373 g/mol. The molecule has 0 saturated carbocycles. The summed E-state index contributed by atoms with van der Waals surface area (Å²) in [4.78, 5) is 0. The van der Waals surface area contributed by atoms with E-state index in [9.17, 15) is 12.8 Å². The van der Waals surface area contributed by atoms with Crippen molar-refractivity contribution in [1.82, 2.24) is 0 Å². The molecule has 7 heteroatoms. The molecule has 0 amide bonds. The standard InChI is InChI=1S/C14H14BrFN2O2S/c1-9-6-12(16)11(15)7-14(9)18-21(19,20)8-10-4-2-3-5-13(10)17/h2-7,18H,8,17H2,1H3. The molecular weight excluding hydrogens is 359 g/mol. The third-order valence-electron chi connectivity index (χ3n) is 2.93. The molecule has 21 heavy (non-hydrogen) atoms. The number of benzene rings is 2. The Morgan fingerprint density at radius 3 is 2.62 bits per heavy atom. The van der Waals surface area contributed by atoms with E-state index in [-0.39, 0.29) is 10.2 Å². The van der Waals surface area contributed by atoms with Crippen LogP contribution in [-0.2, 0) is 15.8 Å². The zero-order valence-electron chi connectivity index (χ0n) is 11.2. The Balaban J connectivity index is 2.26. The van der Waals surface area contributed by atoms with Crippen LogP contribution in [0.15, 0.2) is 40.9 Å². The summed E-state index contributed by atoms with van der Waals surface area (Å²) in [6, 6.07) is 9.42. The molecule has 2 rings (SSSR count). The van der Waals surface area contributed by atoms with Crippen molar-refractivity contribution in [2.75, 3.05) is 10.5 Å². The van der Waals surface area contributed by atoms with E-state index in [2.05, 4.69) is 20.7 Å². The maximum atomic E-state index is 13.4. The smallest absolute Gasteiger partial charge is 0.237 e. The highest BCUT2D eigenvalue weighted by molar-refractivity contribution is 9.10. The van der Waals surface area contributed by atoms with Crippen molar-refractivity contribution in [2.45, 2.75) is 12.7 Å². The van der Waals surface area contributed by atoms with Crippen molar-refractivity contribution < 1.29 is 12.8 Å². The molecule has 2 aromatic rings. The molecule has 0 fully saturated rings. The molecular formula is C14H14BrFN2O2S. The molecule has 4 nitrogen and oxygen atoms in total. The van der Waals surface area contributed by atoms with Crippen molar-refractivity contribution in [1.29, 1.82) is 0 Å². The highest BCUT2D eigenvalue weighted by Crippen LogP contribution is 2.26. The summed E-state index contributed by atoms with van der Waals surface area (Å²) >= 11 is 3.04. The molecule has 0 bridgehead atoms. The van der Waals surface area contributed by atoms with Crippen molar-refractivity contribution in [2.24, 2.45) is 0 Å². The summed E-state index contributed by atoms with van der Waals surface area (Å²) < 4.78 is 40.4. The number of hydrogen-bond acceptors (Lipinski definition) is 3. The molecule has 0 radical (unpaired) electrons. The van der Waals surface area contributed by atoms with E-state index in [0.29, 0.717) is 22.5 Å². The van der Waals surface area contributed by atoms with E-state index in [1.165, 1.54) is 12.1 Å². The molecule has 0 aliphatic rings. The van der Waals surface area contributed by atoms with Crippen molar-refractivity contribution in [3.8, 4) is 0 Å². The van der Waals surface area contributed by atoms with Crippen LogP contribution in [0.2, 0.25) is 0 Å². The number of halogens is 2. The molecule has 0 spiro atoms. The largest absolute Gasteiger partial charge is 0.398 e. The number of sulfonamides is 1. The molecule has 3 N–H and O–H groups in total. The predicted octanol–water partition coefficient (Wildman–Crippen LogP) is 3.42. The van der Waals surface area contributed by atoms with Gasteiger partial charge in [-0.25, -0.2) is 12.8 Å². The van der Waals surface area contributed by atoms with Crippen molar-refractivity contribution in [3.05, 3.63) is 57.8 Å². The number of rotatable bonds is 4. The summed E-state index contributed by atoms with van der Waals surface area (Å²) in [6.45, 7) is 1.63. The third kappa shape index (κ3) is 3.95. The summed E-state index contributed by atoms with van der Waals surface area (Å²) in [5.74, 6) is -0.684. The molecule has 0 saturated heterocycles. The van der Waals surface area contributed by atoms with E-state index in [1.54, 1.807) is 31.2 Å². The number of hydrogen-bond donors (Lipinski definition) is 2. The van der Waals surface area contributed by atoms with E-state index in [0.717, 1.165) is 0 Å². The molecule has 0 aliphatic heterocycles. The monoisotopic (exact) mass is 372 g/mol. The highest BCUT2D eigenvalue weighted by atomic mass is 79.9. The second-order valence-corrected chi connectivity index (χ2v) is 7.22. The minimum Gasteiger partial charge on any atom is -0.398 e. The summed E-state index contributed by atoms with van der Waals surface area (Å²) in [6.07, 6.45) is 0. The van der Waals surface area contributed by atoms with E-state index >= 15 is 0 Å². The van der Waals surface area contributed by atoms with Gasteiger partial charge in [0.2, 0.25) is 10.0 Å². The van der Waals surface area contributed by atoms with Crippen LogP contribution >= 0.6 is 15.9 Å². The zero-order chi connectivity index (χ0) is 15.6. The second-order valence-electron chi connectivity index (χ2n) is 4.64. The summed E-state index contributed by atoms with van der Waals surface area (Å²) in [5, 5.41) is 0. The Bertz CT molecular complexity index is 779. The van der Waals surface area contributed by atoms with Crippen LogP contribution in [-0.4, -0.2) is 8.42 Å². The number of nitrogen functional groups attached to an aromatic ring is 1. The van der Waals surface area contributed by atoms with Gasteiger partial charge in [0, 0.05) is 5.69 Å². The van der Waals surface area contributed by atoms with Crippen LogP contribution in [0.25, 0.3) is 0 Å². The minimum atomic E-state index is -3.64. The minimum absolute atomic E-state index is 0.199. The normalized spacial score (nSPS) is 11.4. The maximum absolute atomic E-state index is 13.4. The third-order valence-corrected chi connectivity index (χ3v) is 4.76. The molecule has 0 unspecified atom stereocenters. The molecule has 0 aromatic heterocycles. The first-order valence-electron chi connectivity index (χ1n) is 6.08. The van der Waals surface area contributed by atoms with Crippen LogP contribution in [0, 0.1) is 12.7 Å². The topological polar surface area (TPSA) is 72.2 Å². The fraction of sp³-hybridized carbons (Fsp3) is 0.143. The highest BCUT2D eigenvalue weighted by Gasteiger charge is 2.16. The van der Waals surface area contributed by atoms with Gasteiger partial charge in [-0.1, -0.05) is 18.2 Å². The van der Waals surface area contributed by atoms with Crippen LogP contribution in [0.5, 0.6) is 0 Å². The first-order valence-corrected chi connectivity index (χ1v) is 8.52. The van der Waals surface area contributed by atoms with Crippen LogP contribution in [0.4, 0.5) is 15.8 Å². The Hall–Kier alpha value is -1.60. The lowest BCUT2D eigenvalue weighted by Gasteiger charge is -2.12. The number of para-hydroxylation sites is 1. The van der Waals surface area contributed by atoms with Gasteiger partial charge in [0.05, 0.1) is 15.9 Å². The Labute approximate surface area is 131 Å². The first-order chi connectivity index (χ1) is 9.78. The van der Waals surface area contributed by atoms with E-state index in [4.69, 9.17) is 5.73 Å². The predicted molar refractivity (Wildman–Crippen MR) is 85.9 cm³/mol. The zero-order valence-corrected chi connectivity index (χ0v) is 13.6. The number of nitrogens with one attached hydrogen (secondary N) is 1. The van der Waals surface area contributed by atoms with Gasteiger partial charge in [-0.15, -0.1) is 0 Å². The second kappa shape index (κ2) is 6.03. The quantitative estimate of drug-likeness (QED) is 0.807. The fourth-order valence-electron chi connectivity index (χ4n) is 1.83. The maximum Gasteiger partial charge on any atom is 0.237 e. The lowest BCUT2D eigenvalue weighted by atomic mass is 10.2. The van der Waals surface area contributed by atoms with Gasteiger partial charge in [-0.3, -0.25) is 4.72 Å². The van der Waals surface area contributed by atoms with E-state index in [1.807, 2.05) is 0 Å². The average Bonchev–Trinajstić information content (AvgIpc) is 2.38. The van der Waals surface area contributed by atoms with Gasteiger partial charge < -0.3 is 5.73 Å². The number of aryl methyl sites for hydroxylation is 1. The van der Waals surface area contributed by atoms with Gasteiger partial charge in [0.1, 0.15) is 5.82 Å². The van der Waals surface area contributed by atoms with Gasteiger partial charge >= 0.3 is 0 Å². The van der Waals surface area contributed by atoms with Crippen molar-refractivity contribution in [3.63, 3.8) is 0 Å². The summed E-state index contributed by atoms with van der Waals surface area (Å²) in [7, 11) is -3.64. The van der Waals surface area contributed by atoms with Crippen LogP contribution < -0.4 is 10.5 Å². The van der Waals surface area contributed by atoms with Gasteiger partial charge in [0.15, 0.2) is 0 Å². The number of nitrogens with two attached hydrogens (primary N) is 1. The fourth-order valence-corrected chi connectivity index (χ4v) is 3.47.